The van der Waals surface area contributed by atoms with E-state index in [0.29, 0.717) is 6.61 Å². The lowest BCUT2D eigenvalue weighted by atomic mass is 10.3. The van der Waals surface area contributed by atoms with E-state index in [1.165, 1.54) is 0 Å². The summed E-state index contributed by atoms with van der Waals surface area (Å²) in [6, 6.07) is 0. The van der Waals surface area contributed by atoms with Crippen molar-refractivity contribution in [1.82, 2.24) is 0 Å². The van der Waals surface area contributed by atoms with E-state index in [2.05, 4.69) is 5.16 Å². The second-order valence-electron chi connectivity index (χ2n) is 1.44. The minimum Gasteiger partial charge on any atom is -0.396 e. The van der Waals surface area contributed by atoms with Crippen LogP contribution < -0.4 is 0 Å². The van der Waals surface area contributed by atoms with Crippen LogP contribution in [0, 0.1) is 6.42 Å². The van der Waals surface area contributed by atoms with Gasteiger partial charge in [0.2, 0.25) is 0 Å². The van der Waals surface area contributed by atoms with Crippen molar-refractivity contribution >= 4 is 5.71 Å². The highest BCUT2D eigenvalue weighted by Crippen LogP contribution is 1.83. The van der Waals surface area contributed by atoms with Gasteiger partial charge in [0.05, 0.1) is 5.71 Å². The van der Waals surface area contributed by atoms with Gasteiger partial charge in [-0.3, -0.25) is 0 Å². The van der Waals surface area contributed by atoms with Gasteiger partial charge in [-0.2, -0.15) is 0 Å². The van der Waals surface area contributed by atoms with Crippen LogP contribution in [0.1, 0.15) is 20.8 Å². The molecule has 0 atom stereocenters. The first kappa shape index (κ1) is 7.47. The molecule has 0 aliphatic heterocycles. The largest absolute Gasteiger partial charge is 0.396 e. The fraction of sp³-hybridized carbons (Fsp3) is 0.667. The Hall–Kier alpha value is -0.530. The lowest BCUT2D eigenvalue weighted by molar-refractivity contribution is 0.158. The summed E-state index contributed by atoms with van der Waals surface area (Å²) >= 11 is 0. The molecule has 0 aliphatic rings. The second-order valence-corrected chi connectivity index (χ2v) is 1.44. The van der Waals surface area contributed by atoms with Crippen molar-refractivity contribution in [2.75, 3.05) is 6.61 Å². The Labute approximate surface area is 50.5 Å². The number of nitrogens with zero attached hydrogens (tertiary/aromatic N) is 1. The molecule has 47 valence electrons. The quantitative estimate of drug-likeness (QED) is 0.403. The lowest BCUT2D eigenvalue weighted by Gasteiger charge is -1.92. The van der Waals surface area contributed by atoms with E-state index >= 15 is 0 Å². The zero-order valence-electron chi connectivity index (χ0n) is 5.64. The van der Waals surface area contributed by atoms with Gasteiger partial charge in [0.15, 0.2) is 0 Å². The first-order chi connectivity index (χ1) is 3.81. The van der Waals surface area contributed by atoms with Crippen LogP contribution in [0.5, 0.6) is 0 Å². The number of hydrogen-bond donors (Lipinski definition) is 0. The van der Waals surface area contributed by atoms with Crippen LogP contribution in [-0.2, 0) is 4.84 Å². The van der Waals surface area contributed by atoms with Gasteiger partial charge in [-0.05, 0) is 13.8 Å². The topological polar surface area (TPSA) is 21.6 Å². The zero-order valence-corrected chi connectivity index (χ0v) is 5.64. The molecule has 8 heavy (non-hydrogen) atoms. The first-order valence-electron chi connectivity index (χ1n) is 2.77. The molecule has 0 aromatic carbocycles. The van der Waals surface area contributed by atoms with Crippen LogP contribution >= 0.6 is 0 Å². The molecule has 2 heteroatoms. The highest BCUT2D eigenvalue weighted by molar-refractivity contribution is 5.88. The third kappa shape index (κ3) is 3.65. The van der Waals surface area contributed by atoms with E-state index in [-0.39, 0.29) is 0 Å². The smallest absolute Gasteiger partial charge is 0.114 e. The average Bonchev–Trinajstić information content (AvgIpc) is 1.83. The van der Waals surface area contributed by atoms with Gasteiger partial charge >= 0.3 is 0 Å². The zero-order chi connectivity index (χ0) is 6.41. The van der Waals surface area contributed by atoms with Crippen LogP contribution in [-0.4, -0.2) is 12.3 Å². The molecule has 2 nitrogen and oxygen atoms in total. The molecule has 0 spiro atoms. The maximum atomic E-state index is 4.74. The molecule has 0 bridgehead atoms. The normalized spacial score (nSPS) is 11.6. The van der Waals surface area contributed by atoms with Gasteiger partial charge in [-0.1, -0.05) is 12.1 Å². The van der Waals surface area contributed by atoms with E-state index < -0.39 is 0 Å². The molecule has 0 saturated heterocycles. The van der Waals surface area contributed by atoms with E-state index in [1.807, 2.05) is 27.2 Å². The molecule has 0 rings (SSSR count). The van der Waals surface area contributed by atoms with Crippen LogP contribution in [0.25, 0.3) is 0 Å². The maximum absolute atomic E-state index is 4.74. The third-order valence-corrected chi connectivity index (χ3v) is 0.755. The van der Waals surface area contributed by atoms with Crippen molar-refractivity contribution in [3.63, 3.8) is 0 Å². The average molecular weight is 114 g/mol. The molecule has 1 radical (unpaired) electrons. The van der Waals surface area contributed by atoms with Gasteiger partial charge in [0.25, 0.3) is 0 Å². The summed E-state index contributed by atoms with van der Waals surface area (Å²) in [4.78, 5) is 4.74. The molecule has 0 N–H and O–H groups in total. The lowest BCUT2D eigenvalue weighted by Crippen LogP contribution is -1.90. The van der Waals surface area contributed by atoms with Crippen molar-refractivity contribution < 1.29 is 4.84 Å². The molecule has 0 amide bonds. The Bertz CT molecular complexity index is 78.6. The molecule has 0 unspecified atom stereocenters. The number of rotatable bonds is 3. The number of oxime groups is 1. The fourth-order valence-electron chi connectivity index (χ4n) is 0.219. The summed E-state index contributed by atoms with van der Waals surface area (Å²) in [6.07, 6.45) is 1.90. The van der Waals surface area contributed by atoms with Crippen LogP contribution in [0.3, 0.4) is 0 Å². The standard InChI is InChI=1S/C6H12NO/c1-4-6(3)7-8-5-2/h4H,5H2,1-3H3. The highest BCUT2D eigenvalue weighted by atomic mass is 16.6. The summed E-state index contributed by atoms with van der Waals surface area (Å²) in [7, 11) is 0. The van der Waals surface area contributed by atoms with Crippen molar-refractivity contribution in [3.05, 3.63) is 6.42 Å². The van der Waals surface area contributed by atoms with Gasteiger partial charge in [0, 0.05) is 6.42 Å². The SMILES string of the molecule is C[CH]C(C)=NOCC. The summed E-state index contributed by atoms with van der Waals surface area (Å²) in [5, 5.41) is 3.72. The second kappa shape index (κ2) is 4.62. The van der Waals surface area contributed by atoms with E-state index in [0.717, 1.165) is 5.71 Å². The Balaban J connectivity index is 3.26. The predicted octanol–water partition coefficient (Wildman–Crippen LogP) is 1.62. The van der Waals surface area contributed by atoms with Crippen molar-refractivity contribution in [3.8, 4) is 0 Å². The highest BCUT2D eigenvalue weighted by Gasteiger charge is 1.82. The molecule has 0 heterocycles. The summed E-state index contributed by atoms with van der Waals surface area (Å²) in [6.45, 7) is 6.38. The molecule has 0 aromatic rings. The molecule has 0 saturated carbocycles. The summed E-state index contributed by atoms with van der Waals surface area (Å²) in [5.74, 6) is 0. The van der Waals surface area contributed by atoms with Gasteiger partial charge in [-0.25, -0.2) is 0 Å². The van der Waals surface area contributed by atoms with Crippen molar-refractivity contribution in [2.45, 2.75) is 20.8 Å². The summed E-state index contributed by atoms with van der Waals surface area (Å²) < 4.78 is 0. The molecule has 0 aliphatic carbocycles. The van der Waals surface area contributed by atoms with E-state index in [9.17, 15) is 0 Å². The third-order valence-electron chi connectivity index (χ3n) is 0.755. The van der Waals surface area contributed by atoms with Gasteiger partial charge in [0.1, 0.15) is 6.61 Å². The summed E-state index contributed by atoms with van der Waals surface area (Å²) in [5.41, 5.74) is 0.923. The predicted molar refractivity (Wildman–Crippen MR) is 34.7 cm³/mol. The Morgan fingerprint density at radius 1 is 1.75 bits per heavy atom. The Kier molecular flexibility index (Phi) is 4.32. The van der Waals surface area contributed by atoms with E-state index in [4.69, 9.17) is 4.84 Å². The minimum absolute atomic E-state index is 0.644. The van der Waals surface area contributed by atoms with Crippen LogP contribution in [0.2, 0.25) is 0 Å². The van der Waals surface area contributed by atoms with Crippen LogP contribution in [0.15, 0.2) is 5.16 Å². The maximum Gasteiger partial charge on any atom is 0.114 e. The van der Waals surface area contributed by atoms with Crippen LogP contribution in [0.4, 0.5) is 0 Å². The number of hydrogen-bond acceptors (Lipinski definition) is 2. The molecular weight excluding hydrogens is 102 g/mol. The van der Waals surface area contributed by atoms with Crippen molar-refractivity contribution in [2.24, 2.45) is 5.16 Å². The minimum atomic E-state index is 0.644. The fourth-order valence-corrected chi connectivity index (χ4v) is 0.219. The molecule has 0 aromatic heterocycles. The molecular formula is C6H12NO. The van der Waals surface area contributed by atoms with Gasteiger partial charge in [-0.15, -0.1) is 0 Å². The monoisotopic (exact) mass is 114 g/mol. The Morgan fingerprint density at radius 3 is 2.75 bits per heavy atom. The van der Waals surface area contributed by atoms with Crippen molar-refractivity contribution in [1.29, 1.82) is 0 Å². The molecule has 0 fully saturated rings. The van der Waals surface area contributed by atoms with Gasteiger partial charge < -0.3 is 4.84 Å². The first-order valence-corrected chi connectivity index (χ1v) is 2.77. The van der Waals surface area contributed by atoms with E-state index in [1.54, 1.807) is 0 Å². The Morgan fingerprint density at radius 2 is 2.38 bits per heavy atom.